The predicted octanol–water partition coefficient (Wildman–Crippen LogP) is 5.81. The molecular weight excluding hydrogens is 228 g/mol. The zero-order chi connectivity index (χ0) is 12.8. The van der Waals surface area contributed by atoms with E-state index in [-0.39, 0.29) is 5.44 Å². The molecule has 0 saturated heterocycles. The van der Waals surface area contributed by atoms with Crippen molar-refractivity contribution < 1.29 is 5.11 Å². The molecule has 0 rings (SSSR count). The lowest BCUT2D eigenvalue weighted by atomic mass is 10.1. The van der Waals surface area contributed by atoms with Crippen molar-refractivity contribution in [2.75, 3.05) is 5.75 Å². The molecule has 1 atom stereocenters. The zero-order valence-corrected chi connectivity index (χ0v) is 12.7. The molecule has 1 nitrogen and oxygen atoms in total. The summed E-state index contributed by atoms with van der Waals surface area (Å²) in [4.78, 5) is 0. The van der Waals surface area contributed by atoms with Crippen LogP contribution in [0.5, 0.6) is 0 Å². The summed E-state index contributed by atoms with van der Waals surface area (Å²) in [5, 5.41) is 11.1. The Hall–Kier alpha value is 0.310. The van der Waals surface area contributed by atoms with Crippen LogP contribution in [0, 0.1) is 0 Å². The Morgan fingerprint density at radius 2 is 1.24 bits per heavy atom. The van der Waals surface area contributed by atoms with Crippen LogP contribution in [-0.4, -0.2) is 11.2 Å². The van der Waals surface area contributed by atoms with Gasteiger partial charge in [-0.25, -0.2) is 5.11 Å². The predicted molar refractivity (Wildman–Crippen MR) is 79.1 cm³/mol. The van der Waals surface area contributed by atoms with Crippen LogP contribution in [0.3, 0.4) is 0 Å². The Morgan fingerprint density at radius 1 is 0.765 bits per heavy atom. The molecule has 1 unspecified atom stereocenters. The van der Waals surface area contributed by atoms with Gasteiger partial charge < -0.3 is 0 Å². The molecule has 0 aromatic heterocycles. The summed E-state index contributed by atoms with van der Waals surface area (Å²) in [6.07, 6.45) is 14.5. The van der Waals surface area contributed by atoms with E-state index in [4.69, 9.17) is 0 Å². The average Bonchev–Trinajstić information content (AvgIpc) is 2.35. The number of hydrogen-bond acceptors (Lipinski definition) is 1. The molecule has 0 fully saturated rings. The van der Waals surface area contributed by atoms with Gasteiger partial charge in [0.05, 0.1) is 0 Å². The van der Waals surface area contributed by atoms with Crippen LogP contribution >= 0.6 is 11.8 Å². The van der Waals surface area contributed by atoms with E-state index in [2.05, 4.69) is 6.92 Å². The molecule has 0 aliphatic rings. The highest BCUT2D eigenvalue weighted by Crippen LogP contribution is 2.16. The van der Waals surface area contributed by atoms with E-state index in [1.807, 2.05) is 6.92 Å². The van der Waals surface area contributed by atoms with Crippen molar-refractivity contribution >= 4 is 11.8 Å². The van der Waals surface area contributed by atoms with Crippen LogP contribution < -0.4 is 0 Å². The van der Waals surface area contributed by atoms with Gasteiger partial charge in [0.1, 0.15) is 5.44 Å². The molecule has 1 radical (unpaired) electrons. The number of unbranched alkanes of at least 4 members (excludes halogenated alkanes) is 9. The van der Waals surface area contributed by atoms with Crippen molar-refractivity contribution in [2.24, 2.45) is 0 Å². The second-order valence-electron chi connectivity index (χ2n) is 4.89. The highest BCUT2D eigenvalue weighted by molar-refractivity contribution is 7.99. The van der Waals surface area contributed by atoms with Gasteiger partial charge in [-0.15, -0.1) is 11.8 Å². The minimum atomic E-state index is -0.381. The third-order valence-electron chi connectivity index (χ3n) is 3.13. The fourth-order valence-corrected chi connectivity index (χ4v) is 2.79. The van der Waals surface area contributed by atoms with E-state index in [9.17, 15) is 5.11 Å². The molecule has 0 N–H and O–H groups in total. The topological polar surface area (TPSA) is 19.9 Å². The summed E-state index contributed by atoms with van der Waals surface area (Å²) in [6.45, 7) is 4.24. The van der Waals surface area contributed by atoms with Crippen LogP contribution in [0.15, 0.2) is 0 Å². The van der Waals surface area contributed by atoms with E-state index in [0.29, 0.717) is 0 Å². The van der Waals surface area contributed by atoms with Crippen molar-refractivity contribution in [3.63, 3.8) is 0 Å². The van der Waals surface area contributed by atoms with Crippen LogP contribution in [0.2, 0.25) is 0 Å². The van der Waals surface area contributed by atoms with Gasteiger partial charge in [-0.1, -0.05) is 71.6 Å². The molecule has 2 heteroatoms. The summed E-state index contributed by atoms with van der Waals surface area (Å²) in [5.74, 6) is 1.07. The third-order valence-corrected chi connectivity index (χ3v) is 4.36. The molecule has 17 heavy (non-hydrogen) atoms. The van der Waals surface area contributed by atoms with Gasteiger partial charge >= 0.3 is 0 Å². The van der Waals surface area contributed by atoms with Crippen molar-refractivity contribution in [3.8, 4) is 0 Å². The quantitative estimate of drug-likeness (QED) is 0.302. The van der Waals surface area contributed by atoms with Gasteiger partial charge in [0, 0.05) is 0 Å². The number of rotatable bonds is 13. The molecular formula is C15H31OS. The van der Waals surface area contributed by atoms with Crippen molar-refractivity contribution in [1.29, 1.82) is 0 Å². The number of thioether (sulfide) groups is 1. The molecule has 0 aromatic carbocycles. The summed E-state index contributed by atoms with van der Waals surface area (Å²) in [5.41, 5.74) is -0.381. The second kappa shape index (κ2) is 14.4. The molecule has 0 aromatic rings. The van der Waals surface area contributed by atoms with Crippen LogP contribution in [0.25, 0.3) is 0 Å². The van der Waals surface area contributed by atoms with E-state index >= 15 is 0 Å². The van der Waals surface area contributed by atoms with Gasteiger partial charge in [-0.2, -0.15) is 0 Å². The maximum absolute atomic E-state index is 11.1. The van der Waals surface area contributed by atoms with E-state index < -0.39 is 0 Å². The molecule has 0 spiro atoms. The first-order valence-electron chi connectivity index (χ1n) is 7.58. The monoisotopic (exact) mass is 259 g/mol. The Morgan fingerprint density at radius 3 is 1.71 bits per heavy atom. The molecule has 103 valence electrons. The van der Waals surface area contributed by atoms with Crippen LogP contribution in [-0.2, 0) is 5.11 Å². The fourth-order valence-electron chi connectivity index (χ4n) is 1.92. The van der Waals surface area contributed by atoms with Gasteiger partial charge in [0.15, 0.2) is 0 Å². The second-order valence-corrected chi connectivity index (χ2v) is 6.16. The lowest BCUT2D eigenvalue weighted by Crippen LogP contribution is -1.96. The van der Waals surface area contributed by atoms with Crippen LogP contribution in [0.4, 0.5) is 0 Å². The SMILES string of the molecule is CCCCCCCCCCCCSC([O])CC. The largest absolute Gasteiger partial charge is 0.221 e. The highest BCUT2D eigenvalue weighted by Gasteiger charge is 2.01. The van der Waals surface area contributed by atoms with Gasteiger partial charge in [-0.3, -0.25) is 0 Å². The summed E-state index contributed by atoms with van der Waals surface area (Å²) in [7, 11) is 0. The standard InChI is InChI=1S/C15H31OS/c1-3-5-6-7-8-9-10-11-12-13-14-17-15(16)4-2/h15H,3-14H2,1-2H3. The molecule has 0 saturated carbocycles. The van der Waals surface area contributed by atoms with E-state index in [0.717, 1.165) is 12.2 Å². The Balaban J connectivity index is 2.94. The number of hydrogen-bond donors (Lipinski definition) is 0. The van der Waals surface area contributed by atoms with Crippen molar-refractivity contribution in [1.82, 2.24) is 0 Å². The molecule has 0 heterocycles. The summed E-state index contributed by atoms with van der Waals surface area (Å²) >= 11 is 1.60. The Labute approximate surface area is 113 Å². The third kappa shape index (κ3) is 14.2. The Bertz CT molecular complexity index is 139. The highest BCUT2D eigenvalue weighted by atomic mass is 32.2. The minimum Gasteiger partial charge on any atom is -0.221 e. The lowest BCUT2D eigenvalue weighted by Gasteiger charge is -2.05. The van der Waals surface area contributed by atoms with Crippen LogP contribution in [0.1, 0.15) is 84.5 Å². The first kappa shape index (κ1) is 17.3. The molecule has 0 aliphatic carbocycles. The normalized spacial score (nSPS) is 12.9. The zero-order valence-electron chi connectivity index (χ0n) is 11.9. The Kier molecular flexibility index (Phi) is 14.6. The van der Waals surface area contributed by atoms with Gasteiger partial charge in [0.2, 0.25) is 0 Å². The first-order chi connectivity index (χ1) is 8.31. The van der Waals surface area contributed by atoms with Crippen molar-refractivity contribution in [2.45, 2.75) is 89.9 Å². The minimum absolute atomic E-state index is 0.381. The first-order valence-corrected chi connectivity index (χ1v) is 8.63. The maximum atomic E-state index is 11.1. The van der Waals surface area contributed by atoms with Gasteiger partial charge in [-0.05, 0) is 18.6 Å². The molecule has 0 aliphatic heterocycles. The summed E-state index contributed by atoms with van der Waals surface area (Å²) in [6, 6.07) is 0. The lowest BCUT2D eigenvalue weighted by molar-refractivity contribution is 0.162. The smallest absolute Gasteiger partial charge is 0.138 e. The summed E-state index contributed by atoms with van der Waals surface area (Å²) < 4.78 is 0. The molecule has 0 amide bonds. The maximum Gasteiger partial charge on any atom is 0.138 e. The van der Waals surface area contributed by atoms with Crippen molar-refractivity contribution in [3.05, 3.63) is 0 Å². The fraction of sp³-hybridized carbons (Fsp3) is 1.00. The van der Waals surface area contributed by atoms with E-state index in [1.54, 1.807) is 11.8 Å². The molecule has 0 bridgehead atoms. The van der Waals surface area contributed by atoms with E-state index in [1.165, 1.54) is 64.2 Å². The average molecular weight is 259 g/mol. The van der Waals surface area contributed by atoms with Gasteiger partial charge in [0.25, 0.3) is 0 Å².